The lowest BCUT2D eigenvalue weighted by Crippen LogP contribution is -1.98. The molecule has 1 unspecified atom stereocenters. The highest BCUT2D eigenvalue weighted by Gasteiger charge is 2.48. The zero-order valence-corrected chi connectivity index (χ0v) is 7.16. The molecule has 0 heterocycles. The van der Waals surface area contributed by atoms with Gasteiger partial charge in [0.15, 0.2) is 0 Å². The van der Waals surface area contributed by atoms with Crippen molar-refractivity contribution in [2.24, 2.45) is 5.41 Å². The minimum atomic E-state index is 0.708. The van der Waals surface area contributed by atoms with Crippen LogP contribution in [0.15, 0.2) is 0 Å². The van der Waals surface area contributed by atoms with Gasteiger partial charge in [0.1, 0.15) is 0 Å². The van der Waals surface area contributed by atoms with E-state index in [2.05, 4.69) is 29.8 Å². The predicted octanol–water partition coefficient (Wildman–Crippen LogP) is 2.96. The summed E-state index contributed by atoms with van der Waals surface area (Å²) in [5.41, 5.74) is 0.708. The molecule has 48 valence electrons. The molecule has 0 saturated heterocycles. The Morgan fingerprint density at radius 2 is 1.88 bits per heavy atom. The maximum Gasteiger partial charge on any atom is 0.0208 e. The first-order valence-corrected chi connectivity index (χ1v) is 4.31. The fourth-order valence-electron chi connectivity index (χ4n) is 1.28. The van der Waals surface area contributed by atoms with Gasteiger partial charge in [-0.3, -0.25) is 0 Å². The molecular weight excluding hydrogens is 164 g/mol. The average molecular weight is 177 g/mol. The molecule has 0 aromatic rings. The van der Waals surface area contributed by atoms with E-state index in [1.54, 1.807) is 0 Å². The van der Waals surface area contributed by atoms with Gasteiger partial charge in [-0.05, 0) is 24.7 Å². The number of hydrogen-bond acceptors (Lipinski definition) is 0. The summed E-state index contributed by atoms with van der Waals surface area (Å²) in [4.78, 5) is 0.838. The van der Waals surface area contributed by atoms with Crippen LogP contribution in [0.3, 0.4) is 0 Å². The quantitative estimate of drug-likeness (QED) is 0.569. The lowest BCUT2D eigenvalue weighted by atomic mass is 10.0. The average Bonchev–Trinajstić information content (AvgIpc) is 2.43. The van der Waals surface area contributed by atoms with E-state index in [4.69, 9.17) is 0 Å². The highest BCUT2D eigenvalue weighted by molar-refractivity contribution is 9.09. The van der Waals surface area contributed by atoms with Crippen molar-refractivity contribution >= 4 is 15.9 Å². The van der Waals surface area contributed by atoms with E-state index in [9.17, 15) is 0 Å². The van der Waals surface area contributed by atoms with Crippen LogP contribution in [0.1, 0.15) is 33.1 Å². The molecule has 1 heteroatoms. The minimum absolute atomic E-state index is 0.708. The molecule has 1 aliphatic rings. The first-order valence-electron chi connectivity index (χ1n) is 3.39. The second-order valence-corrected chi connectivity index (χ2v) is 3.85. The molecule has 0 N–H and O–H groups in total. The largest absolute Gasteiger partial charge is 0.0884 e. The Bertz CT molecular complexity index is 78.9. The standard InChI is InChI=1S/C7H13Br/c1-3-7(4-2)5-6(7)8/h6H,3-5H2,1-2H3. The molecule has 1 aliphatic carbocycles. The predicted molar refractivity (Wildman–Crippen MR) is 40.3 cm³/mol. The van der Waals surface area contributed by atoms with Gasteiger partial charge in [0.25, 0.3) is 0 Å². The van der Waals surface area contributed by atoms with Crippen LogP contribution in [0.2, 0.25) is 0 Å². The zero-order chi connectivity index (χ0) is 6.20. The van der Waals surface area contributed by atoms with Crippen LogP contribution in [0.25, 0.3) is 0 Å². The fourth-order valence-corrected chi connectivity index (χ4v) is 2.57. The zero-order valence-electron chi connectivity index (χ0n) is 5.58. The Morgan fingerprint density at radius 1 is 1.50 bits per heavy atom. The molecule has 0 aromatic carbocycles. The Kier molecular flexibility index (Phi) is 1.66. The third-order valence-corrected chi connectivity index (χ3v) is 3.79. The van der Waals surface area contributed by atoms with Gasteiger partial charge in [0, 0.05) is 4.83 Å². The summed E-state index contributed by atoms with van der Waals surface area (Å²) in [7, 11) is 0. The number of hydrogen-bond donors (Lipinski definition) is 0. The fraction of sp³-hybridized carbons (Fsp3) is 1.00. The second kappa shape index (κ2) is 2.02. The Morgan fingerprint density at radius 3 is 1.88 bits per heavy atom. The van der Waals surface area contributed by atoms with Crippen LogP contribution >= 0.6 is 15.9 Å². The highest BCUT2D eigenvalue weighted by Crippen LogP contribution is 2.56. The third-order valence-electron chi connectivity index (χ3n) is 2.50. The van der Waals surface area contributed by atoms with Crippen molar-refractivity contribution in [1.82, 2.24) is 0 Å². The Hall–Kier alpha value is 0.480. The molecule has 0 radical (unpaired) electrons. The first kappa shape index (κ1) is 6.60. The topological polar surface area (TPSA) is 0 Å². The highest BCUT2D eigenvalue weighted by atomic mass is 79.9. The monoisotopic (exact) mass is 176 g/mol. The molecule has 8 heavy (non-hydrogen) atoms. The summed E-state index contributed by atoms with van der Waals surface area (Å²) >= 11 is 3.63. The van der Waals surface area contributed by atoms with Crippen LogP contribution in [-0.4, -0.2) is 4.83 Å². The van der Waals surface area contributed by atoms with E-state index in [1.165, 1.54) is 19.3 Å². The van der Waals surface area contributed by atoms with E-state index >= 15 is 0 Å². The lowest BCUT2D eigenvalue weighted by molar-refractivity contribution is 0.479. The molecule has 0 aromatic heterocycles. The summed E-state index contributed by atoms with van der Waals surface area (Å²) < 4.78 is 0. The maximum atomic E-state index is 3.63. The Labute approximate surface area is 59.8 Å². The van der Waals surface area contributed by atoms with Crippen molar-refractivity contribution in [3.05, 3.63) is 0 Å². The summed E-state index contributed by atoms with van der Waals surface area (Å²) in [6, 6.07) is 0. The van der Waals surface area contributed by atoms with Gasteiger partial charge < -0.3 is 0 Å². The number of halogens is 1. The Balaban J connectivity index is 2.39. The molecule has 1 fully saturated rings. The van der Waals surface area contributed by atoms with Crippen LogP contribution < -0.4 is 0 Å². The first-order chi connectivity index (χ1) is 3.75. The van der Waals surface area contributed by atoms with Crippen LogP contribution in [0.5, 0.6) is 0 Å². The van der Waals surface area contributed by atoms with E-state index in [1.807, 2.05) is 0 Å². The van der Waals surface area contributed by atoms with Crippen molar-refractivity contribution in [3.8, 4) is 0 Å². The van der Waals surface area contributed by atoms with Crippen LogP contribution in [-0.2, 0) is 0 Å². The third kappa shape index (κ3) is 0.812. The molecule has 1 rings (SSSR count). The maximum absolute atomic E-state index is 3.63. The van der Waals surface area contributed by atoms with Crippen molar-refractivity contribution < 1.29 is 0 Å². The molecule has 0 aliphatic heterocycles. The normalized spacial score (nSPS) is 32.6. The van der Waals surface area contributed by atoms with E-state index in [-0.39, 0.29) is 0 Å². The lowest BCUT2D eigenvalue weighted by Gasteiger charge is -2.06. The molecule has 0 bridgehead atoms. The van der Waals surface area contributed by atoms with Gasteiger partial charge >= 0.3 is 0 Å². The molecule has 0 spiro atoms. The molecule has 1 saturated carbocycles. The van der Waals surface area contributed by atoms with Crippen molar-refractivity contribution in [3.63, 3.8) is 0 Å². The van der Waals surface area contributed by atoms with Crippen molar-refractivity contribution in [1.29, 1.82) is 0 Å². The molecular formula is C7H13Br. The minimum Gasteiger partial charge on any atom is -0.0884 e. The van der Waals surface area contributed by atoms with Crippen molar-refractivity contribution in [2.45, 2.75) is 37.9 Å². The second-order valence-electron chi connectivity index (χ2n) is 2.74. The van der Waals surface area contributed by atoms with Gasteiger partial charge in [0.2, 0.25) is 0 Å². The van der Waals surface area contributed by atoms with E-state index < -0.39 is 0 Å². The smallest absolute Gasteiger partial charge is 0.0208 e. The van der Waals surface area contributed by atoms with E-state index in [0.29, 0.717) is 5.41 Å². The van der Waals surface area contributed by atoms with E-state index in [0.717, 1.165) is 4.83 Å². The van der Waals surface area contributed by atoms with Gasteiger partial charge in [-0.25, -0.2) is 0 Å². The molecule has 0 amide bonds. The molecule has 1 atom stereocenters. The van der Waals surface area contributed by atoms with Gasteiger partial charge in [-0.2, -0.15) is 0 Å². The summed E-state index contributed by atoms with van der Waals surface area (Å²) in [5.74, 6) is 0. The van der Waals surface area contributed by atoms with Crippen LogP contribution in [0.4, 0.5) is 0 Å². The molecule has 0 nitrogen and oxygen atoms in total. The van der Waals surface area contributed by atoms with Gasteiger partial charge in [0.05, 0.1) is 0 Å². The number of alkyl halides is 1. The van der Waals surface area contributed by atoms with Gasteiger partial charge in [-0.1, -0.05) is 29.8 Å². The summed E-state index contributed by atoms with van der Waals surface area (Å²) in [5, 5.41) is 0. The SMILES string of the molecule is CCC1(CC)CC1Br. The van der Waals surface area contributed by atoms with Crippen molar-refractivity contribution in [2.75, 3.05) is 0 Å². The number of rotatable bonds is 2. The summed E-state index contributed by atoms with van der Waals surface area (Å²) in [6.07, 6.45) is 4.10. The van der Waals surface area contributed by atoms with Gasteiger partial charge in [-0.15, -0.1) is 0 Å². The summed E-state index contributed by atoms with van der Waals surface area (Å²) in [6.45, 7) is 4.56. The van der Waals surface area contributed by atoms with Crippen LogP contribution in [0, 0.1) is 5.41 Å².